The summed E-state index contributed by atoms with van der Waals surface area (Å²) in [5, 5.41) is 4.64. The molecule has 0 saturated carbocycles. The van der Waals surface area contributed by atoms with Crippen molar-refractivity contribution in [2.75, 3.05) is 7.05 Å². The second-order valence-electron chi connectivity index (χ2n) is 5.82. The van der Waals surface area contributed by atoms with Gasteiger partial charge in [-0.05, 0) is 43.4 Å². The highest BCUT2D eigenvalue weighted by Crippen LogP contribution is 2.33. The molecule has 106 valence electrons. The fraction of sp³-hybridized carbons (Fsp3) is 0.471. The lowest BCUT2D eigenvalue weighted by molar-refractivity contribution is 0.682. The second kappa shape index (κ2) is 5.66. The van der Waals surface area contributed by atoms with Crippen LogP contribution >= 0.6 is 11.3 Å². The van der Waals surface area contributed by atoms with Gasteiger partial charge in [-0.25, -0.2) is 4.98 Å². The number of aryl methyl sites for hydroxylation is 2. The zero-order valence-corrected chi connectivity index (χ0v) is 13.3. The molecule has 1 aliphatic carbocycles. The van der Waals surface area contributed by atoms with E-state index in [1.807, 2.05) is 18.4 Å². The van der Waals surface area contributed by atoms with Crippen LogP contribution in [0.2, 0.25) is 0 Å². The maximum atomic E-state index is 4.85. The molecule has 0 aliphatic heterocycles. The zero-order valence-electron chi connectivity index (χ0n) is 12.4. The van der Waals surface area contributed by atoms with Crippen molar-refractivity contribution in [3.63, 3.8) is 0 Å². The van der Waals surface area contributed by atoms with E-state index in [1.54, 1.807) is 0 Å². The monoisotopic (exact) mass is 286 g/mol. The first kappa shape index (κ1) is 13.8. The van der Waals surface area contributed by atoms with Crippen LogP contribution in [0.15, 0.2) is 24.3 Å². The van der Waals surface area contributed by atoms with E-state index in [9.17, 15) is 0 Å². The van der Waals surface area contributed by atoms with Gasteiger partial charge < -0.3 is 5.32 Å². The topological polar surface area (TPSA) is 24.9 Å². The molecule has 20 heavy (non-hydrogen) atoms. The lowest BCUT2D eigenvalue weighted by Crippen LogP contribution is -2.17. The number of aromatic nitrogens is 1. The van der Waals surface area contributed by atoms with Gasteiger partial charge >= 0.3 is 0 Å². The van der Waals surface area contributed by atoms with Crippen LogP contribution in [-0.2, 0) is 12.8 Å². The molecule has 0 radical (unpaired) electrons. The fourth-order valence-electron chi connectivity index (χ4n) is 2.84. The van der Waals surface area contributed by atoms with Crippen LogP contribution in [0.4, 0.5) is 0 Å². The number of fused-ring (bicyclic) bond motifs is 1. The Hall–Kier alpha value is -1.19. The Labute approximate surface area is 125 Å². The molecule has 1 aromatic heterocycles. The minimum atomic E-state index is 0.229. The summed E-state index contributed by atoms with van der Waals surface area (Å²) in [7, 11) is 2.02. The molecule has 1 aliphatic rings. The van der Waals surface area contributed by atoms with Crippen LogP contribution in [0.1, 0.15) is 58.9 Å². The second-order valence-corrected chi connectivity index (χ2v) is 6.93. The van der Waals surface area contributed by atoms with Gasteiger partial charge in [0, 0.05) is 4.88 Å². The summed E-state index contributed by atoms with van der Waals surface area (Å²) in [6.45, 7) is 4.46. The van der Waals surface area contributed by atoms with Gasteiger partial charge in [0.25, 0.3) is 0 Å². The van der Waals surface area contributed by atoms with Crippen molar-refractivity contribution < 1.29 is 0 Å². The standard InChI is InChI=1S/C17H22N2S/c1-11(2)12-7-9-13(10-8-12)16(18-3)17-19-14-5-4-6-15(14)20-17/h7-11,16,18H,4-6H2,1-3H3. The molecule has 1 heterocycles. The lowest BCUT2D eigenvalue weighted by Gasteiger charge is -2.15. The first-order chi connectivity index (χ1) is 9.69. The van der Waals surface area contributed by atoms with Crippen molar-refractivity contribution in [3.8, 4) is 0 Å². The smallest absolute Gasteiger partial charge is 0.115 e. The average molecular weight is 286 g/mol. The third kappa shape index (κ3) is 2.52. The molecule has 0 spiro atoms. The van der Waals surface area contributed by atoms with Gasteiger partial charge in [-0.3, -0.25) is 0 Å². The highest BCUT2D eigenvalue weighted by atomic mass is 32.1. The molecule has 1 N–H and O–H groups in total. The van der Waals surface area contributed by atoms with Crippen molar-refractivity contribution in [3.05, 3.63) is 51.0 Å². The van der Waals surface area contributed by atoms with Gasteiger partial charge in [-0.15, -0.1) is 11.3 Å². The summed E-state index contributed by atoms with van der Waals surface area (Å²) in [6, 6.07) is 9.19. The summed E-state index contributed by atoms with van der Waals surface area (Å²) in [4.78, 5) is 6.35. The van der Waals surface area contributed by atoms with Gasteiger partial charge in [0.2, 0.25) is 0 Å². The third-order valence-electron chi connectivity index (χ3n) is 4.08. The molecule has 2 nitrogen and oxygen atoms in total. The molecule has 0 fully saturated rings. The maximum absolute atomic E-state index is 4.85. The molecular weight excluding hydrogens is 264 g/mol. The summed E-state index contributed by atoms with van der Waals surface area (Å²) >= 11 is 1.89. The van der Waals surface area contributed by atoms with Crippen molar-refractivity contribution in [2.45, 2.75) is 45.1 Å². The first-order valence-electron chi connectivity index (χ1n) is 7.44. The van der Waals surface area contributed by atoms with Crippen molar-refractivity contribution >= 4 is 11.3 Å². The van der Waals surface area contributed by atoms with Gasteiger partial charge in [0.1, 0.15) is 5.01 Å². The first-order valence-corrected chi connectivity index (χ1v) is 8.26. The van der Waals surface area contributed by atoms with Crippen LogP contribution in [-0.4, -0.2) is 12.0 Å². The Kier molecular flexibility index (Phi) is 3.90. The molecule has 3 rings (SSSR count). The molecule has 1 aromatic carbocycles. The molecule has 0 amide bonds. The number of nitrogens with one attached hydrogen (secondary N) is 1. The van der Waals surface area contributed by atoms with E-state index in [2.05, 4.69) is 43.4 Å². The molecule has 2 aromatic rings. The Morgan fingerprint density at radius 1 is 1.10 bits per heavy atom. The van der Waals surface area contributed by atoms with E-state index < -0.39 is 0 Å². The predicted octanol–water partition coefficient (Wildman–Crippen LogP) is 4.06. The van der Waals surface area contributed by atoms with E-state index in [0.717, 1.165) is 6.42 Å². The summed E-state index contributed by atoms with van der Waals surface area (Å²) < 4.78 is 0. The fourth-order valence-corrected chi connectivity index (χ4v) is 4.13. The quantitative estimate of drug-likeness (QED) is 0.916. The zero-order chi connectivity index (χ0) is 14.1. The minimum Gasteiger partial charge on any atom is -0.307 e. The van der Waals surface area contributed by atoms with E-state index in [-0.39, 0.29) is 6.04 Å². The van der Waals surface area contributed by atoms with Gasteiger partial charge in [-0.2, -0.15) is 0 Å². The van der Waals surface area contributed by atoms with Gasteiger partial charge in [0.05, 0.1) is 11.7 Å². The average Bonchev–Trinajstić information content (AvgIpc) is 3.01. The highest BCUT2D eigenvalue weighted by molar-refractivity contribution is 7.11. The SMILES string of the molecule is CNC(c1ccc(C(C)C)cc1)c1nc2c(s1)CCC2. The molecule has 1 unspecified atom stereocenters. The minimum absolute atomic E-state index is 0.229. The van der Waals surface area contributed by atoms with Gasteiger partial charge in [0.15, 0.2) is 0 Å². The number of thiazole rings is 1. The Balaban J connectivity index is 1.88. The summed E-state index contributed by atoms with van der Waals surface area (Å²) in [6.07, 6.45) is 3.66. The van der Waals surface area contributed by atoms with E-state index in [0.29, 0.717) is 5.92 Å². The van der Waals surface area contributed by atoms with Crippen LogP contribution in [0.25, 0.3) is 0 Å². The van der Waals surface area contributed by atoms with Crippen LogP contribution in [0.5, 0.6) is 0 Å². The van der Waals surface area contributed by atoms with Crippen LogP contribution in [0, 0.1) is 0 Å². The normalized spacial score (nSPS) is 15.6. The summed E-state index contributed by atoms with van der Waals surface area (Å²) in [5.41, 5.74) is 4.04. The van der Waals surface area contributed by atoms with Crippen molar-refractivity contribution in [2.24, 2.45) is 0 Å². The van der Waals surface area contributed by atoms with Crippen LogP contribution in [0.3, 0.4) is 0 Å². The van der Waals surface area contributed by atoms with E-state index in [4.69, 9.17) is 4.98 Å². The Morgan fingerprint density at radius 2 is 1.80 bits per heavy atom. The third-order valence-corrected chi connectivity index (χ3v) is 5.31. The van der Waals surface area contributed by atoms with Crippen molar-refractivity contribution in [1.82, 2.24) is 10.3 Å². The Bertz CT molecular complexity index is 562. The number of nitrogens with zero attached hydrogens (tertiary/aromatic N) is 1. The number of rotatable bonds is 4. The summed E-state index contributed by atoms with van der Waals surface area (Å²) in [5.74, 6) is 0.584. The van der Waals surface area contributed by atoms with E-state index in [1.165, 1.54) is 39.5 Å². The Morgan fingerprint density at radius 3 is 2.40 bits per heavy atom. The number of hydrogen-bond acceptors (Lipinski definition) is 3. The highest BCUT2D eigenvalue weighted by Gasteiger charge is 2.22. The van der Waals surface area contributed by atoms with Gasteiger partial charge in [-0.1, -0.05) is 38.1 Å². The molecular formula is C17H22N2S. The number of hydrogen-bond donors (Lipinski definition) is 1. The van der Waals surface area contributed by atoms with E-state index >= 15 is 0 Å². The molecule has 0 bridgehead atoms. The molecule has 1 atom stereocenters. The predicted molar refractivity (Wildman–Crippen MR) is 85.6 cm³/mol. The molecule has 3 heteroatoms. The largest absolute Gasteiger partial charge is 0.307 e. The lowest BCUT2D eigenvalue weighted by atomic mass is 9.99. The molecule has 0 saturated heterocycles. The maximum Gasteiger partial charge on any atom is 0.115 e. The van der Waals surface area contributed by atoms with Crippen molar-refractivity contribution in [1.29, 1.82) is 0 Å². The van der Waals surface area contributed by atoms with Crippen LogP contribution < -0.4 is 5.32 Å². The number of benzene rings is 1.